The number of thiazole rings is 1. The van der Waals surface area contributed by atoms with E-state index >= 15 is 0 Å². The molecule has 0 bridgehead atoms. The maximum absolute atomic E-state index is 12.3. The van der Waals surface area contributed by atoms with E-state index in [1.807, 2.05) is 31.2 Å². The number of anilines is 2. The fourth-order valence-corrected chi connectivity index (χ4v) is 4.44. The van der Waals surface area contributed by atoms with Crippen molar-refractivity contribution in [2.24, 2.45) is 0 Å². The fourth-order valence-electron chi connectivity index (χ4n) is 3.70. The van der Waals surface area contributed by atoms with Gasteiger partial charge in [0.25, 0.3) is 0 Å². The Morgan fingerprint density at radius 1 is 1.00 bits per heavy atom. The van der Waals surface area contributed by atoms with Crippen LogP contribution in [-0.4, -0.2) is 41.6 Å². The summed E-state index contributed by atoms with van der Waals surface area (Å²) >= 11 is 1.12. The van der Waals surface area contributed by atoms with Crippen LogP contribution in [0, 0.1) is 6.92 Å². The second-order valence-electron chi connectivity index (χ2n) is 7.57. The van der Waals surface area contributed by atoms with Gasteiger partial charge in [-0.05, 0) is 36.8 Å². The van der Waals surface area contributed by atoms with E-state index in [4.69, 9.17) is 0 Å². The molecule has 1 aliphatic heterocycles. The van der Waals surface area contributed by atoms with Crippen LogP contribution >= 0.6 is 11.3 Å². The minimum atomic E-state index is -0.194. The molecule has 3 aromatic rings. The van der Waals surface area contributed by atoms with Crippen molar-refractivity contribution in [1.29, 1.82) is 0 Å². The lowest BCUT2D eigenvalue weighted by Gasteiger charge is -2.36. The van der Waals surface area contributed by atoms with Gasteiger partial charge in [-0.25, -0.2) is 0 Å². The highest BCUT2D eigenvalue weighted by Gasteiger charge is 2.17. The molecule has 2 aromatic carbocycles. The minimum Gasteiger partial charge on any atom is -0.369 e. The van der Waals surface area contributed by atoms with Crippen molar-refractivity contribution in [2.75, 3.05) is 36.4 Å². The van der Waals surface area contributed by atoms with E-state index in [0.717, 1.165) is 61.1 Å². The van der Waals surface area contributed by atoms with Crippen molar-refractivity contribution in [3.63, 3.8) is 0 Å². The number of rotatable bonds is 6. The highest BCUT2D eigenvalue weighted by atomic mass is 32.1. The number of carbonyl (C=O) groups is 1. The number of aromatic nitrogens is 1. The number of piperazine rings is 1. The first kappa shape index (κ1) is 20.4. The summed E-state index contributed by atoms with van der Waals surface area (Å²) in [6, 6.07) is 18.5. The zero-order chi connectivity index (χ0) is 20.9. The quantitative estimate of drug-likeness (QED) is 0.663. The van der Waals surface area contributed by atoms with Crippen LogP contribution in [0.4, 0.5) is 11.4 Å². The van der Waals surface area contributed by atoms with Crippen LogP contribution in [-0.2, 0) is 17.9 Å². The van der Waals surface area contributed by atoms with Gasteiger partial charge in [-0.15, -0.1) is 0 Å². The SMILES string of the molecule is Cc1csc(=O)n1CC(=O)Nc1ccc(N2CCN(Cc3ccccc3)CC2)cc1. The number of hydrogen-bond donors (Lipinski definition) is 1. The van der Waals surface area contributed by atoms with E-state index in [1.54, 1.807) is 5.38 Å². The fraction of sp³-hybridized carbons (Fsp3) is 0.304. The molecule has 0 spiro atoms. The van der Waals surface area contributed by atoms with Gasteiger partial charge in [0.05, 0.1) is 0 Å². The molecule has 1 N–H and O–H groups in total. The molecule has 30 heavy (non-hydrogen) atoms. The Balaban J connectivity index is 1.28. The number of nitrogens with zero attached hydrogens (tertiary/aromatic N) is 3. The molecule has 4 rings (SSSR count). The Morgan fingerprint density at radius 3 is 2.33 bits per heavy atom. The second kappa shape index (κ2) is 9.28. The van der Waals surface area contributed by atoms with Gasteiger partial charge in [0.15, 0.2) is 0 Å². The summed E-state index contributed by atoms with van der Waals surface area (Å²) in [4.78, 5) is 28.8. The molecule has 7 heteroatoms. The first-order valence-electron chi connectivity index (χ1n) is 10.1. The van der Waals surface area contributed by atoms with Crippen molar-refractivity contribution in [2.45, 2.75) is 20.0 Å². The van der Waals surface area contributed by atoms with Gasteiger partial charge < -0.3 is 10.2 Å². The average molecular weight is 423 g/mol. The molecule has 1 aromatic heterocycles. The van der Waals surface area contributed by atoms with Crippen LogP contribution in [0.1, 0.15) is 11.3 Å². The molecule has 2 heterocycles. The molecule has 1 saturated heterocycles. The number of nitrogens with one attached hydrogen (secondary N) is 1. The number of benzene rings is 2. The van der Waals surface area contributed by atoms with E-state index < -0.39 is 0 Å². The number of aryl methyl sites for hydroxylation is 1. The lowest BCUT2D eigenvalue weighted by atomic mass is 10.2. The summed E-state index contributed by atoms with van der Waals surface area (Å²) in [5, 5.41) is 4.65. The highest BCUT2D eigenvalue weighted by Crippen LogP contribution is 2.20. The van der Waals surface area contributed by atoms with Crippen LogP contribution in [0.25, 0.3) is 0 Å². The molecule has 6 nitrogen and oxygen atoms in total. The van der Waals surface area contributed by atoms with Crippen LogP contribution in [0.2, 0.25) is 0 Å². The predicted octanol–water partition coefficient (Wildman–Crippen LogP) is 3.18. The molecule has 0 saturated carbocycles. The Labute approximate surface area is 180 Å². The summed E-state index contributed by atoms with van der Waals surface area (Å²) in [6.45, 7) is 6.90. The van der Waals surface area contributed by atoms with E-state index in [1.165, 1.54) is 10.1 Å². The molecule has 0 aliphatic carbocycles. The Hall–Kier alpha value is -2.90. The molecule has 1 aliphatic rings. The van der Waals surface area contributed by atoms with Gasteiger partial charge >= 0.3 is 4.87 Å². The predicted molar refractivity (Wildman–Crippen MR) is 122 cm³/mol. The third kappa shape index (κ3) is 4.98. The summed E-state index contributed by atoms with van der Waals surface area (Å²) < 4.78 is 1.49. The van der Waals surface area contributed by atoms with E-state index in [2.05, 4.69) is 45.4 Å². The molecular weight excluding hydrogens is 396 g/mol. The smallest absolute Gasteiger partial charge is 0.307 e. The lowest BCUT2D eigenvalue weighted by molar-refractivity contribution is -0.116. The first-order valence-corrected chi connectivity index (χ1v) is 11.0. The highest BCUT2D eigenvalue weighted by molar-refractivity contribution is 7.07. The van der Waals surface area contributed by atoms with Crippen LogP contribution in [0.5, 0.6) is 0 Å². The molecular formula is C23H26N4O2S. The maximum Gasteiger partial charge on any atom is 0.307 e. The van der Waals surface area contributed by atoms with E-state index in [-0.39, 0.29) is 17.3 Å². The molecule has 0 unspecified atom stereocenters. The van der Waals surface area contributed by atoms with Gasteiger partial charge in [-0.1, -0.05) is 41.7 Å². The third-order valence-corrected chi connectivity index (χ3v) is 6.30. The van der Waals surface area contributed by atoms with Crippen molar-refractivity contribution in [3.05, 3.63) is 80.9 Å². The number of carbonyl (C=O) groups excluding carboxylic acids is 1. The van der Waals surface area contributed by atoms with Gasteiger partial charge in [0.2, 0.25) is 5.91 Å². The molecule has 1 amide bonds. The largest absolute Gasteiger partial charge is 0.369 e. The first-order chi connectivity index (χ1) is 14.6. The summed E-state index contributed by atoms with van der Waals surface area (Å²) in [5.74, 6) is -0.194. The van der Waals surface area contributed by atoms with Crippen LogP contribution < -0.4 is 15.1 Å². The lowest BCUT2D eigenvalue weighted by Crippen LogP contribution is -2.45. The standard InChI is InChI=1S/C23H26N4O2S/c1-18-17-30-23(29)27(18)16-22(28)24-20-7-9-21(10-8-20)26-13-11-25(12-14-26)15-19-5-3-2-4-6-19/h2-10,17H,11-16H2,1H3,(H,24,28). The Morgan fingerprint density at radius 2 is 1.70 bits per heavy atom. The molecule has 1 fully saturated rings. The monoisotopic (exact) mass is 422 g/mol. The van der Waals surface area contributed by atoms with Crippen molar-refractivity contribution < 1.29 is 4.79 Å². The molecule has 0 radical (unpaired) electrons. The number of amides is 1. The summed E-state index contributed by atoms with van der Waals surface area (Å²) in [6.07, 6.45) is 0. The van der Waals surface area contributed by atoms with Gasteiger partial charge in [-0.3, -0.25) is 19.1 Å². The van der Waals surface area contributed by atoms with Gasteiger partial charge in [0.1, 0.15) is 6.54 Å². The van der Waals surface area contributed by atoms with Gasteiger partial charge in [0, 0.05) is 55.2 Å². The summed E-state index contributed by atoms with van der Waals surface area (Å²) in [7, 11) is 0. The summed E-state index contributed by atoms with van der Waals surface area (Å²) in [5.41, 5.74) is 4.07. The van der Waals surface area contributed by atoms with Gasteiger partial charge in [-0.2, -0.15) is 0 Å². The van der Waals surface area contributed by atoms with Crippen molar-refractivity contribution in [1.82, 2.24) is 9.47 Å². The Kier molecular flexibility index (Phi) is 6.30. The third-order valence-electron chi connectivity index (χ3n) is 5.42. The van der Waals surface area contributed by atoms with E-state index in [0.29, 0.717) is 0 Å². The topological polar surface area (TPSA) is 57.6 Å². The average Bonchev–Trinajstić information content (AvgIpc) is 3.08. The Bertz CT molecular complexity index is 1040. The zero-order valence-corrected chi connectivity index (χ0v) is 17.9. The minimum absolute atomic E-state index is 0.0410. The van der Waals surface area contributed by atoms with Crippen molar-refractivity contribution in [3.8, 4) is 0 Å². The molecule has 0 atom stereocenters. The number of hydrogen-bond acceptors (Lipinski definition) is 5. The zero-order valence-electron chi connectivity index (χ0n) is 17.1. The van der Waals surface area contributed by atoms with Crippen LogP contribution in [0.3, 0.4) is 0 Å². The normalized spacial score (nSPS) is 14.6. The second-order valence-corrected chi connectivity index (χ2v) is 8.39. The van der Waals surface area contributed by atoms with Crippen molar-refractivity contribution >= 4 is 28.6 Å². The van der Waals surface area contributed by atoms with Crippen LogP contribution in [0.15, 0.2) is 64.8 Å². The molecule has 156 valence electrons. The maximum atomic E-state index is 12.3. The van der Waals surface area contributed by atoms with E-state index in [9.17, 15) is 9.59 Å².